The van der Waals surface area contributed by atoms with Gasteiger partial charge >= 0.3 is 0 Å². The van der Waals surface area contributed by atoms with Crippen LogP contribution in [0.1, 0.15) is 31.5 Å². The third kappa shape index (κ3) is 3.60. The number of hydrogen-bond acceptors (Lipinski definition) is 5. The molecule has 0 amide bonds. The summed E-state index contributed by atoms with van der Waals surface area (Å²) in [5.41, 5.74) is 3.12. The molecule has 0 aliphatic rings. The molecule has 3 aromatic rings. The molecular formula is C20H21N5O2. The number of ether oxygens (including phenoxy) is 1. The normalized spacial score (nSPS) is 11.2. The van der Waals surface area contributed by atoms with Gasteiger partial charge < -0.3 is 9.72 Å². The van der Waals surface area contributed by atoms with E-state index in [1.165, 1.54) is 6.08 Å². The van der Waals surface area contributed by atoms with E-state index >= 15 is 0 Å². The molecule has 0 spiro atoms. The minimum atomic E-state index is -0.243. The first kappa shape index (κ1) is 18.4. The molecule has 3 rings (SSSR count). The fourth-order valence-electron chi connectivity index (χ4n) is 3.03. The molecule has 1 aromatic carbocycles. The monoisotopic (exact) mass is 363 g/mol. The van der Waals surface area contributed by atoms with Crippen LogP contribution in [0.5, 0.6) is 5.75 Å². The Morgan fingerprint density at radius 3 is 2.89 bits per heavy atom. The van der Waals surface area contributed by atoms with Gasteiger partial charge in [0.25, 0.3) is 5.56 Å². The summed E-state index contributed by atoms with van der Waals surface area (Å²) >= 11 is 0. The summed E-state index contributed by atoms with van der Waals surface area (Å²) in [5.74, 6) is 1.04. The van der Waals surface area contributed by atoms with Gasteiger partial charge in [-0.25, -0.2) is 4.98 Å². The van der Waals surface area contributed by atoms with Crippen LogP contribution in [0.25, 0.3) is 28.5 Å². The molecule has 0 unspecified atom stereocenters. The van der Waals surface area contributed by atoms with Crippen molar-refractivity contribution in [3.05, 3.63) is 45.9 Å². The van der Waals surface area contributed by atoms with Gasteiger partial charge in [-0.15, -0.1) is 0 Å². The Kier molecular flexibility index (Phi) is 5.36. The van der Waals surface area contributed by atoms with Gasteiger partial charge in [-0.1, -0.05) is 19.4 Å². The first-order valence-corrected chi connectivity index (χ1v) is 8.88. The molecule has 0 atom stereocenters. The SMILES string of the molecule is CCCc1nn(C)c2c(=O)[nH]c(-c3cc(C=CC#N)ccc3OCC)nc12. The Balaban J connectivity index is 2.24. The number of nitriles is 1. The van der Waals surface area contributed by atoms with Crippen LogP contribution in [0.3, 0.4) is 0 Å². The highest BCUT2D eigenvalue weighted by Crippen LogP contribution is 2.30. The number of rotatable bonds is 6. The second-order valence-corrected chi connectivity index (χ2v) is 6.08. The number of aromatic nitrogens is 4. The van der Waals surface area contributed by atoms with E-state index in [2.05, 4.69) is 17.0 Å². The number of nitrogens with one attached hydrogen (secondary N) is 1. The zero-order valence-electron chi connectivity index (χ0n) is 15.6. The molecule has 0 fully saturated rings. The van der Waals surface area contributed by atoms with Crippen molar-refractivity contribution in [1.29, 1.82) is 5.26 Å². The second-order valence-electron chi connectivity index (χ2n) is 6.08. The van der Waals surface area contributed by atoms with Gasteiger partial charge in [0.2, 0.25) is 0 Å². The van der Waals surface area contributed by atoms with E-state index in [9.17, 15) is 4.79 Å². The Bertz CT molecular complexity index is 1100. The minimum absolute atomic E-state index is 0.243. The molecule has 0 bridgehead atoms. The largest absolute Gasteiger partial charge is 0.493 e. The first-order valence-electron chi connectivity index (χ1n) is 8.88. The highest BCUT2D eigenvalue weighted by molar-refractivity contribution is 5.80. The van der Waals surface area contributed by atoms with Gasteiger partial charge in [-0.2, -0.15) is 10.4 Å². The lowest BCUT2D eigenvalue weighted by Crippen LogP contribution is -2.12. The summed E-state index contributed by atoms with van der Waals surface area (Å²) < 4.78 is 7.29. The molecule has 2 heterocycles. The topological polar surface area (TPSA) is 96.6 Å². The summed E-state index contributed by atoms with van der Waals surface area (Å²) in [7, 11) is 1.75. The third-order valence-corrected chi connectivity index (χ3v) is 4.16. The van der Waals surface area contributed by atoms with Crippen LogP contribution in [-0.2, 0) is 13.5 Å². The van der Waals surface area contributed by atoms with Gasteiger partial charge in [0.1, 0.15) is 17.1 Å². The van der Waals surface area contributed by atoms with Crippen LogP contribution >= 0.6 is 0 Å². The number of benzene rings is 1. The van der Waals surface area contributed by atoms with E-state index in [1.807, 2.05) is 31.2 Å². The maximum Gasteiger partial charge on any atom is 0.277 e. The van der Waals surface area contributed by atoms with Crippen LogP contribution in [-0.4, -0.2) is 26.4 Å². The second kappa shape index (κ2) is 7.87. The molecule has 0 saturated carbocycles. The lowest BCUT2D eigenvalue weighted by molar-refractivity contribution is 0.341. The van der Waals surface area contributed by atoms with Crippen LogP contribution in [0.4, 0.5) is 0 Å². The molecule has 7 heteroatoms. The smallest absolute Gasteiger partial charge is 0.277 e. The third-order valence-electron chi connectivity index (χ3n) is 4.16. The predicted molar refractivity (Wildman–Crippen MR) is 104 cm³/mol. The summed E-state index contributed by atoms with van der Waals surface area (Å²) in [6.45, 7) is 4.45. The number of allylic oxidation sites excluding steroid dienone is 1. The van der Waals surface area contributed by atoms with Crippen LogP contribution in [0.15, 0.2) is 29.1 Å². The van der Waals surface area contributed by atoms with Crippen LogP contribution in [0, 0.1) is 11.3 Å². The van der Waals surface area contributed by atoms with E-state index in [1.54, 1.807) is 17.8 Å². The van der Waals surface area contributed by atoms with Gasteiger partial charge in [0.05, 0.1) is 23.9 Å². The number of nitrogens with zero attached hydrogens (tertiary/aromatic N) is 4. The quantitative estimate of drug-likeness (QED) is 0.678. The minimum Gasteiger partial charge on any atom is -0.493 e. The van der Waals surface area contributed by atoms with E-state index < -0.39 is 0 Å². The summed E-state index contributed by atoms with van der Waals surface area (Å²) in [5, 5.41) is 13.2. The lowest BCUT2D eigenvalue weighted by Gasteiger charge is -2.11. The van der Waals surface area contributed by atoms with Crippen molar-refractivity contribution in [2.45, 2.75) is 26.7 Å². The van der Waals surface area contributed by atoms with Crippen molar-refractivity contribution in [2.24, 2.45) is 7.05 Å². The Morgan fingerprint density at radius 1 is 1.37 bits per heavy atom. The molecule has 1 N–H and O–H groups in total. The number of hydrogen-bond donors (Lipinski definition) is 1. The van der Waals surface area contributed by atoms with Crippen molar-refractivity contribution < 1.29 is 4.74 Å². The Labute approximate surface area is 156 Å². The molecule has 0 aliphatic heterocycles. The highest BCUT2D eigenvalue weighted by atomic mass is 16.5. The van der Waals surface area contributed by atoms with E-state index in [0.29, 0.717) is 34.8 Å². The molecule has 7 nitrogen and oxygen atoms in total. The van der Waals surface area contributed by atoms with Crippen molar-refractivity contribution >= 4 is 17.1 Å². The van der Waals surface area contributed by atoms with Crippen molar-refractivity contribution in [3.63, 3.8) is 0 Å². The van der Waals surface area contributed by atoms with Gasteiger partial charge in [0, 0.05) is 13.1 Å². The van der Waals surface area contributed by atoms with Crippen molar-refractivity contribution in [2.75, 3.05) is 6.61 Å². The zero-order valence-corrected chi connectivity index (χ0v) is 15.6. The van der Waals surface area contributed by atoms with Gasteiger partial charge in [0.15, 0.2) is 5.52 Å². The average Bonchev–Trinajstić information content (AvgIpc) is 2.97. The Hall–Kier alpha value is -3.40. The van der Waals surface area contributed by atoms with E-state index in [0.717, 1.165) is 24.1 Å². The predicted octanol–water partition coefficient (Wildman–Crippen LogP) is 3.21. The summed E-state index contributed by atoms with van der Waals surface area (Å²) in [6, 6.07) is 7.49. The molecule has 138 valence electrons. The average molecular weight is 363 g/mol. The standard InChI is InChI=1S/C20H21N5O2/c1-4-7-15-17-18(25(3)24-15)20(26)23-19(22-17)14-12-13(8-6-11-21)9-10-16(14)27-5-2/h6,8-10,12H,4-5,7H2,1-3H3,(H,22,23,26). The number of fused-ring (bicyclic) bond motifs is 1. The fraction of sp³-hybridized carbons (Fsp3) is 0.300. The maximum atomic E-state index is 12.7. The number of H-pyrrole nitrogens is 1. The van der Waals surface area contributed by atoms with Crippen molar-refractivity contribution in [3.8, 4) is 23.2 Å². The maximum absolute atomic E-state index is 12.7. The summed E-state index contributed by atoms with van der Waals surface area (Å²) in [4.78, 5) is 20.2. The molecule has 0 saturated heterocycles. The molecule has 2 aromatic heterocycles. The first-order chi connectivity index (χ1) is 13.1. The van der Waals surface area contributed by atoms with Crippen LogP contribution < -0.4 is 10.3 Å². The van der Waals surface area contributed by atoms with Crippen molar-refractivity contribution in [1.82, 2.24) is 19.7 Å². The fourth-order valence-corrected chi connectivity index (χ4v) is 3.03. The van der Waals surface area contributed by atoms with Gasteiger partial charge in [-0.05, 0) is 37.1 Å². The lowest BCUT2D eigenvalue weighted by atomic mass is 10.1. The molecular weight excluding hydrogens is 342 g/mol. The summed E-state index contributed by atoms with van der Waals surface area (Å²) in [6.07, 6.45) is 4.76. The van der Waals surface area contributed by atoms with Crippen LogP contribution in [0.2, 0.25) is 0 Å². The molecule has 27 heavy (non-hydrogen) atoms. The number of aromatic amines is 1. The molecule has 0 aliphatic carbocycles. The van der Waals surface area contributed by atoms with Gasteiger partial charge in [-0.3, -0.25) is 9.48 Å². The zero-order chi connectivity index (χ0) is 19.4. The highest BCUT2D eigenvalue weighted by Gasteiger charge is 2.17. The van der Waals surface area contributed by atoms with E-state index in [-0.39, 0.29) is 5.56 Å². The number of aryl methyl sites for hydroxylation is 2. The Morgan fingerprint density at radius 2 is 2.19 bits per heavy atom. The molecule has 0 radical (unpaired) electrons. The van der Waals surface area contributed by atoms with E-state index in [4.69, 9.17) is 15.0 Å².